The molecule has 5 N–H and O–H groups in total. The number of carboxylic acid groups (broad SMARTS) is 1. The quantitative estimate of drug-likeness (QED) is 0.263. The van der Waals surface area contributed by atoms with Crippen molar-refractivity contribution >= 4 is 56.6 Å². The molecule has 5 rings (SSSR count). The average molecular weight is 696 g/mol. The Morgan fingerprint density at radius 1 is 0.938 bits per heavy atom. The van der Waals surface area contributed by atoms with Gasteiger partial charge in [-0.3, -0.25) is 24.0 Å². The van der Waals surface area contributed by atoms with Crippen LogP contribution >= 0.6 is 27.0 Å². The third kappa shape index (κ3) is 7.60. The average Bonchev–Trinajstić information content (AvgIpc) is 3.05. The van der Waals surface area contributed by atoms with Crippen molar-refractivity contribution in [3.63, 3.8) is 0 Å². The maximum Gasteiger partial charge on any atom is 0.326 e. The fraction of sp³-hybridized carbons (Fsp3) is 0.353. The number of likely N-dealkylation sites (tertiary alicyclic amines) is 1. The number of primary amides is 1. The van der Waals surface area contributed by atoms with Crippen molar-refractivity contribution < 1.29 is 29.1 Å². The normalized spacial score (nSPS) is 19.4. The lowest BCUT2D eigenvalue weighted by molar-refractivity contribution is -0.144. The van der Waals surface area contributed by atoms with Crippen LogP contribution in [0.15, 0.2) is 77.7 Å². The first-order valence-electron chi connectivity index (χ1n) is 15.2. The standard InChI is InChI=1S/C34H37N5O7.2H2S/c1-38-17-7-11-25(30(38)42)29(41)36-22-14-18-39(19-15-22)31(43)24-13-16-34(21-8-3-2-4-9-21,26-12-6-5-10-23(24)26)33(46)37-27(32(44)45)20-28(35)40;;/h2-12,17,22,24,27H,13-16,18-20H2,1H3,(H2,35,40)(H,36,41)(H,37,46)(H,44,45);2*1H2/t24-,27-,34+;;/m0../s1. The maximum absolute atomic E-state index is 14.1. The lowest BCUT2D eigenvalue weighted by Crippen LogP contribution is -2.54. The Kier molecular flexibility index (Phi) is 12.7. The van der Waals surface area contributed by atoms with E-state index >= 15 is 0 Å². The topological polar surface area (TPSA) is 181 Å². The number of carbonyl (C=O) groups excluding carboxylic acids is 4. The van der Waals surface area contributed by atoms with E-state index in [-0.39, 0.29) is 56.5 Å². The van der Waals surface area contributed by atoms with E-state index in [2.05, 4.69) is 10.6 Å². The van der Waals surface area contributed by atoms with Gasteiger partial charge in [-0.2, -0.15) is 27.0 Å². The van der Waals surface area contributed by atoms with Gasteiger partial charge in [-0.15, -0.1) is 0 Å². The van der Waals surface area contributed by atoms with Crippen LogP contribution in [0.25, 0.3) is 0 Å². The monoisotopic (exact) mass is 695 g/mol. The molecule has 0 bridgehead atoms. The Labute approximate surface area is 292 Å². The number of nitrogens with two attached hydrogens (primary N) is 1. The number of nitrogens with zero attached hydrogens (tertiary/aromatic N) is 2. The Morgan fingerprint density at radius 2 is 1.58 bits per heavy atom. The second kappa shape index (κ2) is 16.0. The number of aryl methyl sites for hydroxylation is 1. The molecule has 2 aliphatic rings. The lowest BCUT2D eigenvalue weighted by Gasteiger charge is -2.43. The van der Waals surface area contributed by atoms with E-state index < -0.39 is 47.5 Å². The predicted octanol–water partition coefficient (Wildman–Crippen LogP) is 1.64. The molecule has 14 heteroatoms. The smallest absolute Gasteiger partial charge is 0.326 e. The van der Waals surface area contributed by atoms with Crippen LogP contribution in [0.4, 0.5) is 0 Å². The molecular formula is C34H41N5O7S2. The molecule has 0 radical (unpaired) electrons. The Morgan fingerprint density at radius 3 is 2.23 bits per heavy atom. The van der Waals surface area contributed by atoms with E-state index in [1.165, 1.54) is 10.6 Å². The van der Waals surface area contributed by atoms with Crippen molar-refractivity contribution in [2.45, 2.75) is 55.5 Å². The highest BCUT2D eigenvalue weighted by Crippen LogP contribution is 2.48. The molecule has 2 heterocycles. The summed E-state index contributed by atoms with van der Waals surface area (Å²) in [7, 11) is 1.58. The zero-order chi connectivity index (χ0) is 33.0. The van der Waals surface area contributed by atoms with Gasteiger partial charge in [0.1, 0.15) is 11.6 Å². The van der Waals surface area contributed by atoms with Gasteiger partial charge in [0.15, 0.2) is 0 Å². The summed E-state index contributed by atoms with van der Waals surface area (Å²) in [6.45, 7) is 0.819. The van der Waals surface area contributed by atoms with Crippen molar-refractivity contribution in [2.75, 3.05) is 13.1 Å². The first-order chi connectivity index (χ1) is 22.0. The molecule has 1 aromatic heterocycles. The molecule has 1 saturated heterocycles. The number of carboxylic acids is 1. The summed E-state index contributed by atoms with van der Waals surface area (Å²) in [5.74, 6) is -3.89. The van der Waals surface area contributed by atoms with Crippen LogP contribution < -0.4 is 21.9 Å². The van der Waals surface area contributed by atoms with Crippen LogP contribution in [0.1, 0.15) is 65.1 Å². The Balaban J connectivity index is 0.00000312. The zero-order valence-electron chi connectivity index (χ0n) is 26.5. The van der Waals surface area contributed by atoms with Crippen LogP contribution in [0.2, 0.25) is 0 Å². The number of fused-ring (bicyclic) bond motifs is 1. The van der Waals surface area contributed by atoms with E-state index in [4.69, 9.17) is 5.73 Å². The van der Waals surface area contributed by atoms with Gasteiger partial charge in [0.25, 0.3) is 11.5 Å². The second-order valence-corrected chi connectivity index (χ2v) is 11.9. The summed E-state index contributed by atoms with van der Waals surface area (Å²) in [5, 5.41) is 15.2. The highest BCUT2D eigenvalue weighted by Gasteiger charge is 2.49. The van der Waals surface area contributed by atoms with Crippen LogP contribution in [0.3, 0.4) is 0 Å². The van der Waals surface area contributed by atoms with Crippen LogP contribution in [-0.4, -0.2) is 69.3 Å². The SMILES string of the molecule is Cn1cccc(C(=O)NC2CCN(C(=O)[C@H]3CC[C@@](C(=O)N[C@@H](CC(N)=O)C(=O)O)(c4ccccc4)c4ccccc43)CC2)c1=O.S.S. The Hall–Kier alpha value is -4.56. The van der Waals surface area contributed by atoms with Crippen LogP contribution in [0, 0.1) is 0 Å². The van der Waals surface area contributed by atoms with E-state index in [0.29, 0.717) is 49.0 Å². The number of aliphatic carboxylic acids is 1. The van der Waals surface area contributed by atoms with E-state index in [1.807, 2.05) is 12.1 Å². The first-order valence-corrected chi connectivity index (χ1v) is 15.2. The number of benzene rings is 2. The van der Waals surface area contributed by atoms with Gasteiger partial charge in [-0.05, 0) is 54.5 Å². The zero-order valence-corrected chi connectivity index (χ0v) is 28.5. The molecule has 48 heavy (non-hydrogen) atoms. The van der Waals surface area contributed by atoms with Gasteiger partial charge in [0.05, 0.1) is 17.8 Å². The third-order valence-electron chi connectivity index (χ3n) is 9.07. The number of pyridine rings is 1. The summed E-state index contributed by atoms with van der Waals surface area (Å²) in [4.78, 5) is 78.6. The minimum absolute atomic E-state index is 0. The van der Waals surface area contributed by atoms with Crippen molar-refractivity contribution in [1.29, 1.82) is 0 Å². The molecule has 2 aromatic carbocycles. The number of piperidine rings is 1. The number of amides is 4. The largest absolute Gasteiger partial charge is 0.480 e. The van der Waals surface area contributed by atoms with E-state index in [9.17, 15) is 33.9 Å². The van der Waals surface area contributed by atoms with Gasteiger partial charge in [0, 0.05) is 32.4 Å². The highest BCUT2D eigenvalue weighted by atomic mass is 32.1. The number of rotatable bonds is 9. The molecule has 1 aliphatic carbocycles. The van der Waals surface area contributed by atoms with Crippen molar-refractivity contribution in [1.82, 2.24) is 20.1 Å². The molecule has 4 amide bonds. The van der Waals surface area contributed by atoms with E-state index in [1.54, 1.807) is 66.7 Å². The minimum Gasteiger partial charge on any atom is -0.480 e. The van der Waals surface area contributed by atoms with Gasteiger partial charge < -0.3 is 30.9 Å². The number of aromatic nitrogens is 1. The van der Waals surface area contributed by atoms with E-state index in [0.717, 1.165) is 0 Å². The molecule has 256 valence electrons. The molecule has 3 aromatic rings. The number of hydrogen-bond donors (Lipinski definition) is 4. The highest BCUT2D eigenvalue weighted by molar-refractivity contribution is 7.59. The first kappa shape index (κ1) is 37.9. The molecule has 1 fully saturated rings. The summed E-state index contributed by atoms with van der Waals surface area (Å²) in [6.07, 6.45) is 2.60. The van der Waals surface area contributed by atoms with Crippen molar-refractivity contribution in [3.8, 4) is 0 Å². The summed E-state index contributed by atoms with van der Waals surface area (Å²) >= 11 is 0. The van der Waals surface area contributed by atoms with Crippen molar-refractivity contribution in [3.05, 3.63) is 106 Å². The van der Waals surface area contributed by atoms with Crippen LogP contribution in [0.5, 0.6) is 0 Å². The molecule has 12 nitrogen and oxygen atoms in total. The fourth-order valence-electron chi connectivity index (χ4n) is 6.67. The number of nitrogens with one attached hydrogen (secondary N) is 2. The second-order valence-electron chi connectivity index (χ2n) is 11.9. The molecule has 0 spiro atoms. The fourth-order valence-corrected chi connectivity index (χ4v) is 6.67. The summed E-state index contributed by atoms with van der Waals surface area (Å²) in [5.41, 5.74) is 5.55. The third-order valence-corrected chi connectivity index (χ3v) is 9.07. The molecule has 1 aliphatic heterocycles. The lowest BCUT2D eigenvalue weighted by atomic mass is 9.62. The molecular weight excluding hydrogens is 655 g/mol. The van der Waals surface area contributed by atoms with Gasteiger partial charge >= 0.3 is 5.97 Å². The van der Waals surface area contributed by atoms with Gasteiger partial charge in [0.2, 0.25) is 17.7 Å². The number of hydrogen-bond acceptors (Lipinski definition) is 6. The molecule has 0 unspecified atom stereocenters. The van der Waals surface area contributed by atoms with Gasteiger partial charge in [-0.1, -0.05) is 54.6 Å². The maximum atomic E-state index is 14.1. The summed E-state index contributed by atoms with van der Waals surface area (Å²) < 4.78 is 1.35. The number of carbonyl (C=O) groups is 5. The van der Waals surface area contributed by atoms with Gasteiger partial charge in [-0.25, -0.2) is 4.79 Å². The molecule has 0 saturated carbocycles. The van der Waals surface area contributed by atoms with Crippen LogP contribution in [-0.2, 0) is 31.6 Å². The Bertz CT molecular complexity index is 1730. The summed E-state index contributed by atoms with van der Waals surface area (Å²) in [6, 6.07) is 17.6. The molecule has 3 atom stereocenters. The predicted molar refractivity (Wildman–Crippen MR) is 189 cm³/mol. The van der Waals surface area contributed by atoms with Crippen molar-refractivity contribution in [2.24, 2.45) is 12.8 Å². The minimum atomic E-state index is -1.51.